The van der Waals surface area contributed by atoms with Gasteiger partial charge in [0.1, 0.15) is 0 Å². The summed E-state index contributed by atoms with van der Waals surface area (Å²) in [6.07, 6.45) is 1.74. The first kappa shape index (κ1) is 10.7. The minimum atomic E-state index is -0.322. The molecule has 3 heteroatoms. The van der Waals surface area contributed by atoms with E-state index in [1.807, 2.05) is 36.4 Å². The molecule has 0 unspecified atom stereocenters. The zero-order chi connectivity index (χ0) is 12.5. The maximum Gasteiger partial charge on any atom is 0.338 e. The second-order valence-electron chi connectivity index (χ2n) is 4.03. The fourth-order valence-electron chi connectivity index (χ4n) is 2.22. The molecule has 0 saturated carbocycles. The van der Waals surface area contributed by atoms with Gasteiger partial charge in [0.2, 0.25) is 0 Å². The van der Waals surface area contributed by atoms with Crippen LogP contribution in [0.15, 0.2) is 48.7 Å². The number of esters is 1. The normalized spacial score (nSPS) is 10.7. The molecule has 2 aromatic carbocycles. The van der Waals surface area contributed by atoms with Gasteiger partial charge in [0.15, 0.2) is 0 Å². The molecule has 0 N–H and O–H groups in total. The van der Waals surface area contributed by atoms with Crippen LogP contribution in [-0.4, -0.2) is 18.1 Å². The number of ether oxygens (including phenoxy) is 1. The highest BCUT2D eigenvalue weighted by Gasteiger charge is 2.12. The number of pyridine rings is 1. The molecular formula is C15H11NO2. The SMILES string of the molecule is COC(=O)c1cccc2ccc3ncccc3c12. The van der Waals surface area contributed by atoms with Crippen LogP contribution in [0.3, 0.4) is 0 Å². The molecule has 0 fully saturated rings. The van der Waals surface area contributed by atoms with Gasteiger partial charge in [-0.3, -0.25) is 4.98 Å². The molecule has 0 radical (unpaired) electrons. The highest BCUT2D eigenvalue weighted by molar-refractivity contribution is 6.15. The first-order chi connectivity index (χ1) is 8.81. The number of carbonyl (C=O) groups excluding carboxylic acids is 1. The molecule has 0 atom stereocenters. The second kappa shape index (κ2) is 4.11. The first-order valence-electron chi connectivity index (χ1n) is 5.66. The number of carbonyl (C=O) groups is 1. The minimum absolute atomic E-state index is 0.322. The Balaban J connectivity index is 2.50. The molecule has 0 aliphatic carbocycles. The third-order valence-corrected chi connectivity index (χ3v) is 3.03. The quantitative estimate of drug-likeness (QED) is 0.482. The Morgan fingerprint density at radius 2 is 2.00 bits per heavy atom. The van der Waals surface area contributed by atoms with E-state index in [1.165, 1.54) is 7.11 Å². The highest BCUT2D eigenvalue weighted by atomic mass is 16.5. The van der Waals surface area contributed by atoms with Gasteiger partial charge in [0.25, 0.3) is 0 Å². The Kier molecular flexibility index (Phi) is 2.45. The Hall–Kier alpha value is -2.42. The van der Waals surface area contributed by atoms with E-state index in [1.54, 1.807) is 12.3 Å². The number of fused-ring (bicyclic) bond motifs is 3. The Morgan fingerprint density at radius 1 is 1.11 bits per heavy atom. The van der Waals surface area contributed by atoms with Gasteiger partial charge >= 0.3 is 5.97 Å². The maximum atomic E-state index is 11.8. The number of hydrogen-bond donors (Lipinski definition) is 0. The van der Waals surface area contributed by atoms with Gasteiger partial charge in [-0.1, -0.05) is 24.3 Å². The molecule has 1 aromatic heterocycles. The summed E-state index contributed by atoms with van der Waals surface area (Å²) in [5.74, 6) is -0.322. The van der Waals surface area contributed by atoms with Crippen molar-refractivity contribution in [3.05, 3.63) is 54.2 Å². The van der Waals surface area contributed by atoms with E-state index in [0.29, 0.717) is 5.56 Å². The summed E-state index contributed by atoms with van der Waals surface area (Å²) in [6, 6.07) is 13.4. The van der Waals surface area contributed by atoms with E-state index < -0.39 is 0 Å². The van der Waals surface area contributed by atoms with Gasteiger partial charge in [-0.15, -0.1) is 0 Å². The second-order valence-corrected chi connectivity index (χ2v) is 4.03. The van der Waals surface area contributed by atoms with Gasteiger partial charge in [0, 0.05) is 17.0 Å². The summed E-state index contributed by atoms with van der Waals surface area (Å²) in [6.45, 7) is 0. The van der Waals surface area contributed by atoms with Crippen LogP contribution < -0.4 is 0 Å². The van der Waals surface area contributed by atoms with Crippen molar-refractivity contribution in [3.8, 4) is 0 Å². The lowest BCUT2D eigenvalue weighted by Gasteiger charge is -2.07. The lowest BCUT2D eigenvalue weighted by Crippen LogP contribution is -2.02. The van der Waals surface area contributed by atoms with Crippen LogP contribution in [0, 0.1) is 0 Å². The van der Waals surface area contributed by atoms with Gasteiger partial charge < -0.3 is 4.74 Å². The topological polar surface area (TPSA) is 39.2 Å². The summed E-state index contributed by atoms with van der Waals surface area (Å²) in [7, 11) is 1.39. The molecule has 0 aliphatic rings. The van der Waals surface area contributed by atoms with Crippen LogP contribution >= 0.6 is 0 Å². The Labute approximate surface area is 104 Å². The summed E-state index contributed by atoms with van der Waals surface area (Å²) in [4.78, 5) is 16.1. The molecule has 88 valence electrons. The fourth-order valence-corrected chi connectivity index (χ4v) is 2.22. The summed E-state index contributed by atoms with van der Waals surface area (Å²) in [5, 5.41) is 2.88. The number of methoxy groups -OCH3 is 1. The average molecular weight is 237 g/mol. The van der Waals surface area contributed by atoms with Crippen molar-refractivity contribution < 1.29 is 9.53 Å². The monoisotopic (exact) mass is 237 g/mol. The van der Waals surface area contributed by atoms with E-state index >= 15 is 0 Å². The van der Waals surface area contributed by atoms with Crippen LogP contribution in [-0.2, 0) is 4.74 Å². The summed E-state index contributed by atoms with van der Waals surface area (Å²) in [5.41, 5.74) is 1.45. The maximum absolute atomic E-state index is 11.8. The molecule has 1 heterocycles. The molecular weight excluding hydrogens is 226 g/mol. The van der Waals surface area contributed by atoms with Gasteiger partial charge in [-0.25, -0.2) is 4.79 Å². The zero-order valence-corrected chi connectivity index (χ0v) is 9.88. The van der Waals surface area contributed by atoms with E-state index in [-0.39, 0.29) is 5.97 Å². The van der Waals surface area contributed by atoms with E-state index in [0.717, 1.165) is 21.7 Å². The predicted octanol–water partition coefficient (Wildman–Crippen LogP) is 3.17. The third kappa shape index (κ3) is 1.52. The lowest BCUT2D eigenvalue weighted by atomic mass is 10.00. The number of rotatable bonds is 1. The number of benzene rings is 2. The number of aromatic nitrogens is 1. The van der Waals surface area contributed by atoms with Crippen molar-refractivity contribution in [2.45, 2.75) is 0 Å². The van der Waals surface area contributed by atoms with Crippen molar-refractivity contribution in [1.82, 2.24) is 4.98 Å². The summed E-state index contributed by atoms with van der Waals surface area (Å²) >= 11 is 0. The van der Waals surface area contributed by atoms with Gasteiger partial charge in [-0.05, 0) is 23.6 Å². The molecule has 3 rings (SSSR count). The zero-order valence-electron chi connectivity index (χ0n) is 9.88. The minimum Gasteiger partial charge on any atom is -0.465 e. The molecule has 0 bridgehead atoms. The van der Waals surface area contributed by atoms with E-state index in [2.05, 4.69) is 4.98 Å². The molecule has 0 spiro atoms. The lowest BCUT2D eigenvalue weighted by molar-refractivity contribution is 0.0603. The predicted molar refractivity (Wildman–Crippen MR) is 70.6 cm³/mol. The number of nitrogens with zero attached hydrogens (tertiary/aromatic N) is 1. The van der Waals surface area contributed by atoms with Crippen molar-refractivity contribution >= 4 is 27.6 Å². The van der Waals surface area contributed by atoms with E-state index in [4.69, 9.17) is 4.74 Å². The largest absolute Gasteiger partial charge is 0.465 e. The van der Waals surface area contributed by atoms with Crippen molar-refractivity contribution in [1.29, 1.82) is 0 Å². The van der Waals surface area contributed by atoms with Crippen LogP contribution in [0.25, 0.3) is 21.7 Å². The van der Waals surface area contributed by atoms with Crippen molar-refractivity contribution in [2.75, 3.05) is 7.11 Å². The van der Waals surface area contributed by atoms with Crippen LogP contribution in [0.5, 0.6) is 0 Å². The van der Waals surface area contributed by atoms with Gasteiger partial charge in [-0.2, -0.15) is 0 Å². The Bertz CT molecular complexity index is 750. The van der Waals surface area contributed by atoms with Crippen LogP contribution in [0.1, 0.15) is 10.4 Å². The highest BCUT2D eigenvalue weighted by Crippen LogP contribution is 2.27. The van der Waals surface area contributed by atoms with Crippen LogP contribution in [0.4, 0.5) is 0 Å². The molecule has 3 aromatic rings. The molecule has 18 heavy (non-hydrogen) atoms. The van der Waals surface area contributed by atoms with Gasteiger partial charge in [0.05, 0.1) is 18.2 Å². The Morgan fingerprint density at radius 3 is 2.83 bits per heavy atom. The number of hydrogen-bond acceptors (Lipinski definition) is 3. The van der Waals surface area contributed by atoms with Crippen LogP contribution in [0.2, 0.25) is 0 Å². The molecule has 0 aliphatic heterocycles. The molecule has 0 amide bonds. The van der Waals surface area contributed by atoms with Crippen molar-refractivity contribution in [2.24, 2.45) is 0 Å². The fraction of sp³-hybridized carbons (Fsp3) is 0.0667. The van der Waals surface area contributed by atoms with Crippen molar-refractivity contribution in [3.63, 3.8) is 0 Å². The smallest absolute Gasteiger partial charge is 0.338 e. The standard InChI is InChI=1S/C15H11NO2/c1-18-15(17)12-5-2-4-10-7-8-13-11(14(10)12)6-3-9-16-13/h2-9H,1H3. The first-order valence-corrected chi connectivity index (χ1v) is 5.66. The molecule has 3 nitrogen and oxygen atoms in total. The van der Waals surface area contributed by atoms with E-state index in [9.17, 15) is 4.79 Å². The average Bonchev–Trinajstić information content (AvgIpc) is 2.45. The third-order valence-electron chi connectivity index (χ3n) is 3.03. The molecule has 0 saturated heterocycles. The summed E-state index contributed by atoms with van der Waals surface area (Å²) < 4.78 is 4.83.